The Labute approximate surface area is 129 Å². The highest BCUT2D eigenvalue weighted by molar-refractivity contribution is 5.42. The van der Waals surface area contributed by atoms with Crippen molar-refractivity contribution in [1.82, 2.24) is 19.2 Å². The fraction of sp³-hybridized carbons (Fsp3) is 0.353. The maximum Gasteiger partial charge on any atom is 0.300 e. The van der Waals surface area contributed by atoms with Crippen LogP contribution in [0.15, 0.2) is 41.5 Å². The molecule has 2 heterocycles. The molecule has 0 spiro atoms. The Morgan fingerprint density at radius 2 is 1.59 bits per heavy atom. The second-order valence-corrected chi connectivity index (χ2v) is 6.13. The minimum atomic E-state index is -0.154. The van der Waals surface area contributed by atoms with E-state index in [2.05, 4.69) is 36.2 Å². The summed E-state index contributed by atoms with van der Waals surface area (Å²) in [6.45, 7) is 8.37. The van der Waals surface area contributed by atoms with Crippen molar-refractivity contribution in [2.45, 2.75) is 39.5 Å². The molecule has 0 unspecified atom stereocenters. The van der Waals surface area contributed by atoms with Crippen LogP contribution in [0.25, 0.3) is 11.3 Å². The summed E-state index contributed by atoms with van der Waals surface area (Å²) in [7, 11) is 0. The minimum absolute atomic E-state index is 0.154. The molecule has 0 atom stereocenters. The highest BCUT2D eigenvalue weighted by Gasteiger charge is 2.13. The second kappa shape index (κ2) is 5.40. The molecule has 1 aromatic carbocycles. The van der Waals surface area contributed by atoms with Crippen LogP contribution in [0.3, 0.4) is 0 Å². The molecule has 0 amide bonds. The van der Waals surface area contributed by atoms with Gasteiger partial charge in [-0.05, 0) is 23.6 Å². The number of hydrogen-bond acceptors (Lipinski definition) is 3. The van der Waals surface area contributed by atoms with Gasteiger partial charge in [0.25, 0.3) is 0 Å². The third-order valence-corrected chi connectivity index (χ3v) is 3.85. The molecule has 22 heavy (non-hydrogen) atoms. The van der Waals surface area contributed by atoms with Crippen molar-refractivity contribution in [3.05, 3.63) is 58.4 Å². The van der Waals surface area contributed by atoms with Gasteiger partial charge in [-0.25, -0.2) is 0 Å². The standard InChI is InChI=1S/C17H20N4O/c1-11(2)13-5-7-14(8-6-13)20-9-10-21-15(12(3)4)18-19-16(21)17(20)22/h5-12H,1-4H3. The van der Waals surface area contributed by atoms with Crippen LogP contribution in [0.1, 0.15) is 50.9 Å². The van der Waals surface area contributed by atoms with Gasteiger partial charge in [0.1, 0.15) is 5.82 Å². The van der Waals surface area contributed by atoms with Crippen molar-refractivity contribution in [3.8, 4) is 5.69 Å². The van der Waals surface area contributed by atoms with Gasteiger partial charge in [-0.1, -0.05) is 39.8 Å². The largest absolute Gasteiger partial charge is 0.300 e. The lowest BCUT2D eigenvalue weighted by Crippen LogP contribution is -2.20. The van der Waals surface area contributed by atoms with Crippen LogP contribution >= 0.6 is 0 Å². The molecule has 0 radical (unpaired) electrons. The summed E-state index contributed by atoms with van der Waals surface area (Å²) in [5, 5.41) is 8.18. The number of fused-ring (bicyclic) bond motifs is 1. The minimum Gasteiger partial charge on any atom is -0.280 e. The molecule has 0 saturated heterocycles. The number of nitrogens with zero attached hydrogens (tertiary/aromatic N) is 4. The van der Waals surface area contributed by atoms with Gasteiger partial charge in [0.15, 0.2) is 0 Å². The fourth-order valence-electron chi connectivity index (χ4n) is 2.52. The molecule has 0 bridgehead atoms. The lowest BCUT2D eigenvalue weighted by atomic mass is 10.0. The van der Waals surface area contributed by atoms with Crippen LogP contribution in [0.4, 0.5) is 0 Å². The molecule has 0 N–H and O–H groups in total. The Balaban J connectivity index is 2.12. The zero-order valence-corrected chi connectivity index (χ0v) is 13.3. The van der Waals surface area contributed by atoms with Crippen molar-refractivity contribution < 1.29 is 0 Å². The van der Waals surface area contributed by atoms with Gasteiger partial charge in [-0.2, -0.15) is 0 Å². The number of benzene rings is 1. The SMILES string of the molecule is CC(C)c1ccc(-n2ccn3c(C(C)C)nnc3c2=O)cc1. The zero-order chi connectivity index (χ0) is 15.9. The molecule has 5 heteroatoms. The van der Waals surface area contributed by atoms with Crippen LogP contribution in [-0.4, -0.2) is 19.2 Å². The maximum absolute atomic E-state index is 12.6. The van der Waals surface area contributed by atoms with E-state index < -0.39 is 0 Å². The summed E-state index contributed by atoms with van der Waals surface area (Å²) < 4.78 is 3.38. The predicted molar refractivity (Wildman–Crippen MR) is 86.8 cm³/mol. The first kappa shape index (κ1) is 14.5. The summed E-state index contributed by atoms with van der Waals surface area (Å²) in [5.74, 6) is 1.49. The molecule has 0 saturated carbocycles. The number of hydrogen-bond donors (Lipinski definition) is 0. The lowest BCUT2D eigenvalue weighted by Gasteiger charge is -2.09. The first-order valence-electron chi connectivity index (χ1n) is 7.55. The van der Waals surface area contributed by atoms with Crippen molar-refractivity contribution in [2.24, 2.45) is 0 Å². The van der Waals surface area contributed by atoms with Crippen molar-refractivity contribution in [2.75, 3.05) is 0 Å². The van der Waals surface area contributed by atoms with E-state index in [-0.39, 0.29) is 11.5 Å². The average molecular weight is 296 g/mol. The van der Waals surface area contributed by atoms with Gasteiger partial charge in [0.05, 0.1) is 0 Å². The summed E-state index contributed by atoms with van der Waals surface area (Å²) in [6, 6.07) is 8.04. The first-order chi connectivity index (χ1) is 10.5. The van der Waals surface area contributed by atoms with Crippen LogP contribution < -0.4 is 5.56 Å². The van der Waals surface area contributed by atoms with Gasteiger partial charge >= 0.3 is 5.56 Å². The molecule has 0 aliphatic carbocycles. The van der Waals surface area contributed by atoms with E-state index in [1.54, 1.807) is 15.2 Å². The van der Waals surface area contributed by atoms with E-state index in [0.29, 0.717) is 11.6 Å². The summed E-state index contributed by atoms with van der Waals surface area (Å²) in [6.07, 6.45) is 3.62. The molecule has 0 aliphatic rings. The smallest absolute Gasteiger partial charge is 0.280 e. The Morgan fingerprint density at radius 1 is 0.909 bits per heavy atom. The van der Waals surface area contributed by atoms with E-state index >= 15 is 0 Å². The zero-order valence-electron chi connectivity index (χ0n) is 13.3. The van der Waals surface area contributed by atoms with E-state index in [1.807, 2.05) is 32.2 Å². The van der Waals surface area contributed by atoms with Crippen LogP contribution in [0.2, 0.25) is 0 Å². The van der Waals surface area contributed by atoms with Crippen molar-refractivity contribution >= 4 is 5.65 Å². The van der Waals surface area contributed by atoms with E-state index in [0.717, 1.165) is 11.5 Å². The monoisotopic (exact) mass is 296 g/mol. The van der Waals surface area contributed by atoms with Gasteiger partial charge in [0.2, 0.25) is 5.65 Å². The Bertz CT molecular complexity index is 856. The molecule has 3 aromatic rings. The first-order valence-corrected chi connectivity index (χ1v) is 7.55. The topological polar surface area (TPSA) is 52.2 Å². The molecule has 2 aromatic heterocycles. The molecule has 0 aliphatic heterocycles. The third kappa shape index (κ3) is 2.32. The van der Waals surface area contributed by atoms with E-state index in [1.165, 1.54) is 5.56 Å². The fourth-order valence-corrected chi connectivity index (χ4v) is 2.52. The predicted octanol–water partition coefficient (Wildman–Crippen LogP) is 3.13. The summed E-state index contributed by atoms with van der Waals surface area (Å²) in [5.41, 5.74) is 2.30. The van der Waals surface area contributed by atoms with Gasteiger partial charge < -0.3 is 0 Å². The summed E-state index contributed by atoms with van der Waals surface area (Å²) in [4.78, 5) is 12.6. The van der Waals surface area contributed by atoms with Crippen molar-refractivity contribution in [1.29, 1.82) is 0 Å². The highest BCUT2D eigenvalue weighted by atomic mass is 16.1. The van der Waals surface area contributed by atoms with Gasteiger partial charge in [-0.3, -0.25) is 13.8 Å². The molecule has 0 fully saturated rings. The second-order valence-electron chi connectivity index (χ2n) is 6.13. The van der Waals surface area contributed by atoms with Gasteiger partial charge in [-0.15, -0.1) is 10.2 Å². The summed E-state index contributed by atoms with van der Waals surface area (Å²) >= 11 is 0. The molecular weight excluding hydrogens is 276 g/mol. The number of aromatic nitrogens is 4. The molecule has 3 rings (SSSR count). The third-order valence-electron chi connectivity index (χ3n) is 3.85. The Kier molecular flexibility index (Phi) is 3.56. The quantitative estimate of drug-likeness (QED) is 0.746. The highest BCUT2D eigenvalue weighted by Crippen LogP contribution is 2.17. The Morgan fingerprint density at radius 3 is 2.18 bits per heavy atom. The van der Waals surface area contributed by atoms with Crippen molar-refractivity contribution in [3.63, 3.8) is 0 Å². The van der Waals surface area contributed by atoms with Gasteiger partial charge in [0, 0.05) is 24.0 Å². The normalized spacial score (nSPS) is 11.7. The van der Waals surface area contributed by atoms with Crippen LogP contribution in [-0.2, 0) is 0 Å². The molecular formula is C17H20N4O. The maximum atomic E-state index is 12.6. The molecule has 114 valence electrons. The lowest BCUT2D eigenvalue weighted by molar-refractivity contribution is 0.756. The average Bonchev–Trinajstić information content (AvgIpc) is 2.93. The van der Waals surface area contributed by atoms with Crippen LogP contribution in [0, 0.1) is 0 Å². The molecule has 5 nitrogen and oxygen atoms in total. The number of rotatable bonds is 3. The van der Waals surface area contributed by atoms with Crippen LogP contribution in [0.5, 0.6) is 0 Å². The Hall–Kier alpha value is -2.43. The van der Waals surface area contributed by atoms with E-state index in [9.17, 15) is 4.79 Å². The van der Waals surface area contributed by atoms with E-state index in [4.69, 9.17) is 0 Å².